The molecule has 0 saturated carbocycles. The molecule has 0 spiro atoms. The molecule has 0 unspecified atom stereocenters. The number of aryl methyl sites for hydroxylation is 1. The van der Waals surface area contributed by atoms with Crippen molar-refractivity contribution in [3.63, 3.8) is 0 Å². The molecule has 0 aliphatic rings. The van der Waals surface area contributed by atoms with Gasteiger partial charge in [-0.2, -0.15) is 0 Å². The van der Waals surface area contributed by atoms with Gasteiger partial charge in [-0.05, 0) is 37.6 Å². The van der Waals surface area contributed by atoms with Gasteiger partial charge < -0.3 is 0 Å². The standard InChI is InChI=1S/C20H17ClN4OS4/c1-12-9-16(13(2)25(12)18-22-7-8-27-18)17(26)11-29-20-24-23-19(30-20)28-10-14-3-5-15(21)6-4-14/h3-9H,10-11H2,1-2H3. The van der Waals surface area contributed by atoms with E-state index in [0.717, 1.165) is 41.5 Å². The van der Waals surface area contributed by atoms with Crippen LogP contribution in [0, 0.1) is 13.8 Å². The lowest BCUT2D eigenvalue weighted by atomic mass is 10.2. The Morgan fingerprint density at radius 3 is 2.57 bits per heavy atom. The first-order chi connectivity index (χ1) is 14.5. The third kappa shape index (κ3) is 4.97. The Balaban J connectivity index is 1.36. The van der Waals surface area contributed by atoms with Crippen molar-refractivity contribution in [1.82, 2.24) is 19.7 Å². The van der Waals surface area contributed by atoms with Crippen molar-refractivity contribution in [2.45, 2.75) is 28.3 Å². The van der Waals surface area contributed by atoms with Crippen LogP contribution in [0.25, 0.3) is 5.13 Å². The number of nitrogens with zero attached hydrogens (tertiary/aromatic N) is 4. The summed E-state index contributed by atoms with van der Waals surface area (Å²) in [5.41, 5.74) is 3.84. The van der Waals surface area contributed by atoms with E-state index in [9.17, 15) is 4.79 Å². The Bertz CT molecular complexity index is 1150. The number of rotatable bonds is 8. The number of thiazole rings is 1. The minimum atomic E-state index is 0.0847. The molecule has 10 heteroatoms. The van der Waals surface area contributed by atoms with Crippen LogP contribution in [0.15, 0.2) is 50.6 Å². The van der Waals surface area contributed by atoms with E-state index in [2.05, 4.69) is 15.2 Å². The van der Waals surface area contributed by atoms with Gasteiger partial charge in [-0.3, -0.25) is 9.36 Å². The van der Waals surface area contributed by atoms with Gasteiger partial charge in [0.1, 0.15) is 0 Å². The summed E-state index contributed by atoms with van der Waals surface area (Å²) in [7, 11) is 0. The molecule has 3 heterocycles. The SMILES string of the molecule is Cc1cc(C(=O)CSc2nnc(SCc3ccc(Cl)cc3)s2)c(C)n1-c1nccs1. The van der Waals surface area contributed by atoms with Gasteiger partial charge in [-0.25, -0.2) is 4.98 Å². The number of hydrogen-bond donors (Lipinski definition) is 0. The van der Waals surface area contributed by atoms with Gasteiger partial charge in [0.25, 0.3) is 0 Å². The van der Waals surface area contributed by atoms with Gasteiger partial charge in [-0.15, -0.1) is 21.5 Å². The first-order valence-electron chi connectivity index (χ1n) is 8.97. The van der Waals surface area contributed by atoms with E-state index in [4.69, 9.17) is 11.6 Å². The number of carbonyl (C=O) groups excluding carboxylic acids is 1. The van der Waals surface area contributed by atoms with Crippen LogP contribution in [0.3, 0.4) is 0 Å². The molecule has 0 atom stereocenters. The summed E-state index contributed by atoms with van der Waals surface area (Å²) in [5.74, 6) is 1.22. The van der Waals surface area contributed by atoms with Crippen LogP contribution in [0.5, 0.6) is 0 Å². The van der Waals surface area contributed by atoms with Crippen LogP contribution >= 0.6 is 57.8 Å². The molecule has 30 heavy (non-hydrogen) atoms. The average molecular weight is 493 g/mol. The van der Waals surface area contributed by atoms with Crippen molar-refractivity contribution < 1.29 is 4.79 Å². The quantitative estimate of drug-likeness (QED) is 0.212. The summed E-state index contributed by atoms with van der Waals surface area (Å²) < 4.78 is 3.72. The first kappa shape index (κ1) is 21.6. The number of hydrogen-bond acceptors (Lipinski definition) is 8. The molecule has 5 nitrogen and oxygen atoms in total. The highest BCUT2D eigenvalue weighted by molar-refractivity contribution is 8.03. The van der Waals surface area contributed by atoms with E-state index in [-0.39, 0.29) is 5.78 Å². The maximum atomic E-state index is 12.8. The average Bonchev–Trinajstić information content (AvgIpc) is 3.47. The summed E-state index contributed by atoms with van der Waals surface area (Å²) in [4.78, 5) is 17.2. The van der Waals surface area contributed by atoms with Crippen molar-refractivity contribution in [2.24, 2.45) is 0 Å². The molecule has 0 N–H and O–H groups in total. The van der Waals surface area contributed by atoms with Crippen molar-refractivity contribution in [1.29, 1.82) is 0 Å². The highest BCUT2D eigenvalue weighted by Crippen LogP contribution is 2.32. The molecule has 0 fully saturated rings. The lowest BCUT2D eigenvalue weighted by Gasteiger charge is -2.05. The zero-order chi connectivity index (χ0) is 21.1. The second-order valence-corrected chi connectivity index (χ2v) is 11.1. The Kier molecular flexibility index (Phi) is 6.94. The Hall–Kier alpha value is -1.65. The smallest absolute Gasteiger partial charge is 0.193 e. The molecular formula is C20H17ClN4OS4. The molecule has 0 amide bonds. The maximum absolute atomic E-state index is 12.8. The van der Waals surface area contributed by atoms with E-state index < -0.39 is 0 Å². The fourth-order valence-corrected chi connectivity index (χ4v) is 6.65. The van der Waals surface area contributed by atoms with Gasteiger partial charge in [0.2, 0.25) is 0 Å². The molecule has 0 bridgehead atoms. The molecular weight excluding hydrogens is 476 g/mol. The van der Waals surface area contributed by atoms with Gasteiger partial charge in [0.05, 0.1) is 5.75 Å². The number of carbonyl (C=O) groups is 1. The fraction of sp³-hybridized carbons (Fsp3) is 0.200. The highest BCUT2D eigenvalue weighted by atomic mass is 35.5. The van der Waals surface area contributed by atoms with Crippen LogP contribution < -0.4 is 0 Å². The molecule has 1 aromatic carbocycles. The van der Waals surface area contributed by atoms with Crippen molar-refractivity contribution in [3.8, 4) is 5.13 Å². The largest absolute Gasteiger partial charge is 0.294 e. The van der Waals surface area contributed by atoms with Crippen molar-refractivity contribution in [2.75, 3.05) is 5.75 Å². The fourth-order valence-electron chi connectivity index (χ4n) is 2.91. The van der Waals surface area contributed by atoms with E-state index in [1.54, 1.807) is 29.3 Å². The van der Waals surface area contributed by atoms with E-state index in [1.807, 2.05) is 54.1 Å². The third-order valence-electron chi connectivity index (χ3n) is 4.33. The van der Waals surface area contributed by atoms with E-state index in [1.165, 1.54) is 28.7 Å². The lowest BCUT2D eigenvalue weighted by Crippen LogP contribution is -2.05. The van der Waals surface area contributed by atoms with Gasteiger partial charge in [0.15, 0.2) is 19.6 Å². The second-order valence-electron chi connectivity index (χ2n) is 6.40. The number of halogens is 1. The van der Waals surface area contributed by atoms with Crippen LogP contribution in [0.4, 0.5) is 0 Å². The minimum absolute atomic E-state index is 0.0847. The normalized spacial score (nSPS) is 11.2. The molecule has 0 radical (unpaired) electrons. The molecule has 3 aromatic heterocycles. The van der Waals surface area contributed by atoms with E-state index >= 15 is 0 Å². The summed E-state index contributed by atoms with van der Waals surface area (Å²) >= 11 is 12.1. The Labute approximate surface area is 195 Å². The molecule has 0 saturated heterocycles. The summed E-state index contributed by atoms with van der Waals surface area (Å²) in [6.45, 7) is 3.95. The molecule has 4 aromatic rings. The van der Waals surface area contributed by atoms with E-state index in [0.29, 0.717) is 5.75 Å². The van der Waals surface area contributed by atoms with Crippen LogP contribution in [0.2, 0.25) is 5.02 Å². The highest BCUT2D eigenvalue weighted by Gasteiger charge is 2.18. The maximum Gasteiger partial charge on any atom is 0.193 e. The monoisotopic (exact) mass is 492 g/mol. The van der Waals surface area contributed by atoms with Crippen molar-refractivity contribution >= 4 is 63.6 Å². The number of ketones is 1. The van der Waals surface area contributed by atoms with Gasteiger partial charge >= 0.3 is 0 Å². The predicted molar refractivity (Wildman–Crippen MR) is 127 cm³/mol. The molecule has 4 rings (SSSR count). The zero-order valence-electron chi connectivity index (χ0n) is 16.2. The molecule has 0 aliphatic carbocycles. The summed E-state index contributed by atoms with van der Waals surface area (Å²) in [6, 6.07) is 9.72. The van der Waals surface area contributed by atoms with Gasteiger partial charge in [-0.1, -0.05) is 58.6 Å². The Morgan fingerprint density at radius 1 is 1.13 bits per heavy atom. The van der Waals surface area contributed by atoms with Crippen LogP contribution in [0.1, 0.15) is 27.3 Å². The summed E-state index contributed by atoms with van der Waals surface area (Å²) in [6.07, 6.45) is 1.77. The summed E-state index contributed by atoms with van der Waals surface area (Å²) in [5, 5.41) is 12.0. The van der Waals surface area contributed by atoms with Crippen LogP contribution in [-0.2, 0) is 5.75 Å². The van der Waals surface area contributed by atoms with Crippen LogP contribution in [-0.4, -0.2) is 31.3 Å². The van der Waals surface area contributed by atoms with Gasteiger partial charge in [0, 0.05) is 39.3 Å². The number of thioether (sulfide) groups is 2. The zero-order valence-corrected chi connectivity index (χ0v) is 20.2. The second kappa shape index (κ2) is 9.65. The number of Topliss-reactive ketones (excluding diaryl/α,β-unsaturated/α-hetero) is 1. The topological polar surface area (TPSA) is 60.7 Å². The third-order valence-corrected chi connectivity index (χ3v) is 8.60. The Morgan fingerprint density at radius 2 is 1.87 bits per heavy atom. The lowest BCUT2D eigenvalue weighted by molar-refractivity contribution is 0.102. The minimum Gasteiger partial charge on any atom is -0.294 e. The first-order valence-corrected chi connectivity index (χ1v) is 13.0. The number of aromatic nitrogens is 4. The molecule has 0 aliphatic heterocycles. The van der Waals surface area contributed by atoms with Crippen molar-refractivity contribution in [3.05, 3.63) is 69.4 Å². The predicted octanol–water partition coefficient (Wildman–Crippen LogP) is 6.32. The number of benzene rings is 1. The molecule has 154 valence electrons.